The first-order valence-corrected chi connectivity index (χ1v) is 6.87. The van der Waals surface area contributed by atoms with Crippen molar-refractivity contribution in [2.24, 2.45) is 11.8 Å². The molecule has 0 saturated carbocycles. The van der Waals surface area contributed by atoms with Gasteiger partial charge >= 0.3 is 0 Å². The summed E-state index contributed by atoms with van der Waals surface area (Å²) < 4.78 is 10.8. The maximum absolute atomic E-state index is 5.43. The first-order valence-electron chi connectivity index (χ1n) is 6.87. The maximum Gasteiger partial charge on any atom is 0.231 e. The van der Waals surface area contributed by atoms with Gasteiger partial charge in [-0.25, -0.2) is 0 Å². The molecule has 0 bridgehead atoms. The summed E-state index contributed by atoms with van der Waals surface area (Å²) in [6.07, 6.45) is 0. The smallest absolute Gasteiger partial charge is 0.231 e. The number of rotatable bonds is 6. The van der Waals surface area contributed by atoms with E-state index in [0.717, 1.165) is 24.6 Å². The molecule has 19 heavy (non-hydrogen) atoms. The Labute approximate surface area is 115 Å². The van der Waals surface area contributed by atoms with E-state index in [1.165, 1.54) is 5.69 Å². The molecule has 2 rings (SSSR count). The fourth-order valence-corrected chi connectivity index (χ4v) is 2.35. The summed E-state index contributed by atoms with van der Waals surface area (Å²) in [5.41, 5.74) is 1.17. The number of anilines is 1. The van der Waals surface area contributed by atoms with E-state index in [-0.39, 0.29) is 0 Å². The van der Waals surface area contributed by atoms with Crippen molar-refractivity contribution < 1.29 is 9.47 Å². The van der Waals surface area contributed by atoms with Gasteiger partial charge in [0.05, 0.1) is 0 Å². The molecular formula is C15H24N2O2. The van der Waals surface area contributed by atoms with Gasteiger partial charge in [0, 0.05) is 25.3 Å². The summed E-state index contributed by atoms with van der Waals surface area (Å²) in [4.78, 5) is 2.28. The molecular weight excluding hydrogens is 240 g/mol. The third-order valence-electron chi connectivity index (χ3n) is 3.71. The van der Waals surface area contributed by atoms with E-state index in [1.54, 1.807) is 0 Å². The molecule has 0 aliphatic carbocycles. The van der Waals surface area contributed by atoms with E-state index in [9.17, 15) is 0 Å². The van der Waals surface area contributed by atoms with Crippen LogP contribution in [-0.2, 0) is 0 Å². The van der Waals surface area contributed by atoms with Crippen LogP contribution < -0.4 is 19.7 Å². The summed E-state index contributed by atoms with van der Waals surface area (Å²) in [6.45, 7) is 6.94. The predicted molar refractivity (Wildman–Crippen MR) is 78.1 cm³/mol. The first kappa shape index (κ1) is 14.0. The Morgan fingerprint density at radius 2 is 2.00 bits per heavy atom. The predicted octanol–water partition coefficient (Wildman–Crippen LogP) is 2.34. The molecule has 0 aromatic heterocycles. The summed E-state index contributed by atoms with van der Waals surface area (Å²) in [6, 6.07) is 6.12. The van der Waals surface area contributed by atoms with E-state index < -0.39 is 0 Å². The molecule has 4 heteroatoms. The minimum absolute atomic E-state index is 0.330. The van der Waals surface area contributed by atoms with Gasteiger partial charge in [0.2, 0.25) is 6.79 Å². The molecule has 1 unspecified atom stereocenters. The zero-order valence-electron chi connectivity index (χ0n) is 12.3. The lowest BCUT2D eigenvalue weighted by Crippen LogP contribution is -2.34. The third-order valence-corrected chi connectivity index (χ3v) is 3.71. The minimum atomic E-state index is 0.330. The van der Waals surface area contributed by atoms with Crippen molar-refractivity contribution >= 4 is 5.69 Å². The van der Waals surface area contributed by atoms with Crippen molar-refractivity contribution in [3.05, 3.63) is 18.2 Å². The monoisotopic (exact) mass is 264 g/mol. The molecule has 0 amide bonds. The second-order valence-electron chi connectivity index (χ2n) is 5.48. The standard InChI is InChI=1S/C15H24N2O2/c1-11(2)12(8-16-3)9-17(4)13-5-6-14-15(7-13)19-10-18-14/h5-7,11-12,16H,8-10H2,1-4H3. The van der Waals surface area contributed by atoms with Crippen molar-refractivity contribution in [3.63, 3.8) is 0 Å². The van der Waals surface area contributed by atoms with Crippen molar-refractivity contribution in [1.82, 2.24) is 5.32 Å². The lowest BCUT2D eigenvalue weighted by molar-refractivity contribution is 0.174. The van der Waals surface area contributed by atoms with E-state index in [4.69, 9.17) is 9.47 Å². The van der Waals surface area contributed by atoms with Crippen LogP contribution in [-0.4, -0.2) is 34.0 Å². The van der Waals surface area contributed by atoms with Gasteiger partial charge < -0.3 is 19.7 Å². The number of benzene rings is 1. The molecule has 1 aliphatic rings. The first-order chi connectivity index (χ1) is 9.11. The molecule has 106 valence electrons. The molecule has 1 N–H and O–H groups in total. The molecule has 1 aromatic carbocycles. The lowest BCUT2D eigenvalue weighted by Gasteiger charge is -2.28. The normalized spacial score (nSPS) is 14.8. The van der Waals surface area contributed by atoms with Crippen molar-refractivity contribution in [1.29, 1.82) is 0 Å². The number of hydrogen-bond acceptors (Lipinski definition) is 4. The molecule has 0 saturated heterocycles. The van der Waals surface area contributed by atoms with E-state index in [1.807, 2.05) is 13.1 Å². The van der Waals surface area contributed by atoms with Gasteiger partial charge in [0.25, 0.3) is 0 Å². The van der Waals surface area contributed by atoms with Gasteiger partial charge in [-0.05, 0) is 37.6 Å². The Morgan fingerprint density at radius 3 is 2.68 bits per heavy atom. The average Bonchev–Trinajstić information content (AvgIpc) is 2.85. The van der Waals surface area contributed by atoms with E-state index >= 15 is 0 Å². The average molecular weight is 264 g/mol. The molecule has 1 atom stereocenters. The fourth-order valence-electron chi connectivity index (χ4n) is 2.35. The summed E-state index contributed by atoms with van der Waals surface area (Å²) in [7, 11) is 4.14. The Kier molecular flexibility index (Phi) is 4.53. The molecule has 0 radical (unpaired) electrons. The van der Waals surface area contributed by atoms with Gasteiger partial charge in [-0.1, -0.05) is 13.8 Å². The van der Waals surface area contributed by atoms with Gasteiger partial charge in [-0.15, -0.1) is 0 Å². The highest BCUT2D eigenvalue weighted by molar-refractivity contribution is 5.56. The number of nitrogens with zero attached hydrogens (tertiary/aromatic N) is 1. The van der Waals surface area contributed by atoms with Gasteiger partial charge in [0.1, 0.15) is 0 Å². The molecule has 1 aliphatic heterocycles. The summed E-state index contributed by atoms with van der Waals surface area (Å²) in [5, 5.41) is 3.28. The second-order valence-corrected chi connectivity index (χ2v) is 5.48. The molecule has 4 nitrogen and oxygen atoms in total. The minimum Gasteiger partial charge on any atom is -0.454 e. The number of ether oxygens (including phenoxy) is 2. The molecule has 1 heterocycles. The van der Waals surface area contributed by atoms with Gasteiger partial charge in [-0.3, -0.25) is 0 Å². The van der Waals surface area contributed by atoms with Crippen LogP contribution in [0.25, 0.3) is 0 Å². The summed E-state index contributed by atoms with van der Waals surface area (Å²) in [5.74, 6) is 2.97. The molecule has 0 spiro atoms. The largest absolute Gasteiger partial charge is 0.454 e. The van der Waals surface area contributed by atoms with Crippen LogP contribution in [0, 0.1) is 11.8 Å². The van der Waals surface area contributed by atoms with Crippen molar-refractivity contribution in [3.8, 4) is 11.5 Å². The number of fused-ring (bicyclic) bond motifs is 1. The van der Waals surface area contributed by atoms with Crippen LogP contribution in [0.1, 0.15) is 13.8 Å². The zero-order valence-corrected chi connectivity index (χ0v) is 12.3. The van der Waals surface area contributed by atoms with Crippen molar-refractivity contribution in [2.75, 3.05) is 38.9 Å². The summed E-state index contributed by atoms with van der Waals surface area (Å²) >= 11 is 0. The van der Waals surface area contributed by atoms with Crippen LogP contribution in [0.3, 0.4) is 0 Å². The maximum atomic E-state index is 5.43. The highest BCUT2D eigenvalue weighted by Crippen LogP contribution is 2.35. The van der Waals surface area contributed by atoms with Crippen LogP contribution in [0.2, 0.25) is 0 Å². The van der Waals surface area contributed by atoms with Crippen LogP contribution >= 0.6 is 0 Å². The Balaban J connectivity index is 2.04. The Bertz CT molecular complexity index is 421. The Morgan fingerprint density at radius 1 is 1.26 bits per heavy atom. The zero-order chi connectivity index (χ0) is 13.8. The van der Waals surface area contributed by atoms with Crippen LogP contribution in [0.15, 0.2) is 18.2 Å². The van der Waals surface area contributed by atoms with Gasteiger partial charge in [0.15, 0.2) is 11.5 Å². The number of nitrogens with one attached hydrogen (secondary N) is 1. The van der Waals surface area contributed by atoms with Crippen LogP contribution in [0.5, 0.6) is 11.5 Å². The highest BCUT2D eigenvalue weighted by Gasteiger charge is 2.18. The quantitative estimate of drug-likeness (QED) is 0.855. The Hall–Kier alpha value is -1.42. The molecule has 1 aromatic rings. The second kappa shape index (κ2) is 6.15. The van der Waals surface area contributed by atoms with E-state index in [0.29, 0.717) is 18.6 Å². The van der Waals surface area contributed by atoms with E-state index in [2.05, 4.69) is 43.2 Å². The SMILES string of the molecule is CNCC(CN(C)c1ccc2c(c1)OCO2)C(C)C. The highest BCUT2D eigenvalue weighted by atomic mass is 16.7. The number of hydrogen-bond donors (Lipinski definition) is 1. The van der Waals surface area contributed by atoms with Gasteiger partial charge in [-0.2, -0.15) is 0 Å². The van der Waals surface area contributed by atoms with Crippen LogP contribution in [0.4, 0.5) is 5.69 Å². The molecule has 0 fully saturated rings. The topological polar surface area (TPSA) is 33.7 Å². The third kappa shape index (κ3) is 3.32. The van der Waals surface area contributed by atoms with Crippen molar-refractivity contribution in [2.45, 2.75) is 13.8 Å². The lowest BCUT2D eigenvalue weighted by atomic mass is 9.95. The fraction of sp³-hybridized carbons (Fsp3) is 0.600.